The first-order valence-corrected chi connectivity index (χ1v) is 6.73. The molecule has 1 aromatic heterocycles. The number of carbonyl (C=O) groups is 2. The maximum Gasteiger partial charge on any atom is 0.329 e. The Labute approximate surface area is 116 Å². The van der Waals surface area contributed by atoms with E-state index in [2.05, 4.69) is 20.5 Å². The maximum absolute atomic E-state index is 12.2. The number of aliphatic carboxylic acids is 1. The molecule has 1 saturated heterocycles. The fourth-order valence-electron chi connectivity index (χ4n) is 2.75. The molecule has 0 aliphatic carbocycles. The van der Waals surface area contributed by atoms with Gasteiger partial charge in [-0.2, -0.15) is 5.10 Å². The number of H-pyrrole nitrogens is 1. The van der Waals surface area contributed by atoms with Crippen LogP contribution in [0.25, 0.3) is 0 Å². The molecular formula is C12H19N5O3. The zero-order valence-corrected chi connectivity index (χ0v) is 11.4. The van der Waals surface area contributed by atoms with E-state index in [1.54, 1.807) is 0 Å². The van der Waals surface area contributed by atoms with E-state index < -0.39 is 11.5 Å². The van der Waals surface area contributed by atoms with Crippen LogP contribution in [0, 0.1) is 0 Å². The first-order valence-electron chi connectivity index (χ1n) is 6.73. The highest BCUT2D eigenvalue weighted by Crippen LogP contribution is 2.34. The summed E-state index contributed by atoms with van der Waals surface area (Å²) in [5.41, 5.74) is -1.07. The van der Waals surface area contributed by atoms with Crippen molar-refractivity contribution in [1.29, 1.82) is 0 Å². The third kappa shape index (κ3) is 2.59. The van der Waals surface area contributed by atoms with Crippen molar-refractivity contribution in [1.82, 2.24) is 25.4 Å². The number of aromatic amines is 1. The molecule has 2 rings (SSSR count). The lowest BCUT2D eigenvalue weighted by atomic mass is 9.91. The van der Waals surface area contributed by atoms with Gasteiger partial charge >= 0.3 is 12.0 Å². The number of carboxylic acids is 1. The summed E-state index contributed by atoms with van der Waals surface area (Å²) < 4.78 is 0. The van der Waals surface area contributed by atoms with Gasteiger partial charge in [-0.1, -0.05) is 13.3 Å². The van der Waals surface area contributed by atoms with Crippen molar-refractivity contribution >= 4 is 12.0 Å². The smallest absolute Gasteiger partial charge is 0.329 e. The van der Waals surface area contributed by atoms with E-state index in [4.69, 9.17) is 0 Å². The highest BCUT2D eigenvalue weighted by Gasteiger charge is 2.49. The number of amides is 2. The molecule has 1 atom stereocenters. The van der Waals surface area contributed by atoms with Gasteiger partial charge in [-0.05, 0) is 19.3 Å². The van der Waals surface area contributed by atoms with Crippen molar-refractivity contribution in [2.45, 2.75) is 44.7 Å². The Bertz CT molecular complexity index is 475. The second-order valence-electron chi connectivity index (χ2n) is 4.93. The summed E-state index contributed by atoms with van der Waals surface area (Å²) in [6.07, 6.45) is 3.76. The predicted octanol–water partition coefficient (Wildman–Crippen LogP) is 0.734. The first kappa shape index (κ1) is 14.3. The van der Waals surface area contributed by atoms with E-state index in [1.165, 1.54) is 11.2 Å². The van der Waals surface area contributed by atoms with Crippen molar-refractivity contribution in [3.05, 3.63) is 12.2 Å². The molecular weight excluding hydrogens is 262 g/mol. The van der Waals surface area contributed by atoms with Gasteiger partial charge < -0.3 is 15.3 Å². The van der Waals surface area contributed by atoms with Gasteiger partial charge in [-0.15, -0.1) is 0 Å². The molecule has 1 fully saturated rings. The largest absolute Gasteiger partial charge is 0.479 e. The number of nitrogens with one attached hydrogen (secondary N) is 2. The Hall–Kier alpha value is -2.12. The molecule has 2 heterocycles. The second kappa shape index (κ2) is 5.89. The van der Waals surface area contributed by atoms with Gasteiger partial charge in [-0.3, -0.25) is 5.10 Å². The lowest BCUT2D eigenvalue weighted by molar-refractivity contribution is -0.148. The van der Waals surface area contributed by atoms with Crippen LogP contribution in [0.5, 0.6) is 0 Å². The molecule has 1 aliphatic rings. The van der Waals surface area contributed by atoms with Crippen LogP contribution in [0.4, 0.5) is 4.79 Å². The average Bonchev–Trinajstić information content (AvgIpc) is 3.06. The third-order valence-electron chi connectivity index (χ3n) is 3.67. The molecule has 0 bridgehead atoms. The Kier molecular flexibility index (Phi) is 4.21. The third-order valence-corrected chi connectivity index (χ3v) is 3.67. The van der Waals surface area contributed by atoms with Crippen molar-refractivity contribution < 1.29 is 14.7 Å². The van der Waals surface area contributed by atoms with Crippen LogP contribution in [0.1, 0.15) is 38.4 Å². The normalized spacial score (nSPS) is 21.9. The van der Waals surface area contributed by atoms with Gasteiger partial charge in [0.1, 0.15) is 17.7 Å². The van der Waals surface area contributed by atoms with Crippen LogP contribution >= 0.6 is 0 Å². The van der Waals surface area contributed by atoms with Gasteiger partial charge in [-0.25, -0.2) is 14.6 Å². The molecule has 8 heteroatoms. The predicted molar refractivity (Wildman–Crippen MR) is 69.8 cm³/mol. The number of carbonyl (C=O) groups excluding carboxylic acids is 1. The summed E-state index contributed by atoms with van der Waals surface area (Å²) in [6.45, 7) is 2.60. The second-order valence-corrected chi connectivity index (χ2v) is 4.93. The fourth-order valence-corrected chi connectivity index (χ4v) is 2.75. The summed E-state index contributed by atoms with van der Waals surface area (Å²) in [5, 5.41) is 18.5. The summed E-state index contributed by atoms with van der Waals surface area (Å²) in [7, 11) is 0. The number of aromatic nitrogens is 3. The quantitative estimate of drug-likeness (QED) is 0.737. The minimum atomic E-state index is -1.07. The lowest BCUT2D eigenvalue weighted by Gasteiger charge is -2.34. The summed E-state index contributed by atoms with van der Waals surface area (Å²) >= 11 is 0. The molecule has 110 valence electrons. The van der Waals surface area contributed by atoms with E-state index in [-0.39, 0.29) is 12.6 Å². The molecule has 8 nitrogen and oxygen atoms in total. The molecule has 1 aromatic rings. The van der Waals surface area contributed by atoms with Gasteiger partial charge in [0.2, 0.25) is 0 Å². The molecule has 1 aliphatic heterocycles. The van der Waals surface area contributed by atoms with Crippen LogP contribution in [0.15, 0.2) is 6.33 Å². The van der Waals surface area contributed by atoms with Gasteiger partial charge in [0.25, 0.3) is 0 Å². The molecule has 0 saturated carbocycles. The van der Waals surface area contributed by atoms with Gasteiger partial charge in [0.05, 0.1) is 6.54 Å². The van der Waals surface area contributed by atoms with Crippen LogP contribution in [-0.4, -0.2) is 49.3 Å². The minimum absolute atomic E-state index is 0.206. The zero-order valence-electron chi connectivity index (χ0n) is 11.4. The summed E-state index contributed by atoms with van der Waals surface area (Å²) in [6, 6.07) is -0.366. The Morgan fingerprint density at radius 1 is 1.60 bits per heavy atom. The molecule has 2 amide bonds. The number of likely N-dealkylation sites (tertiary alicyclic amines) is 1. The standard InChI is InChI=1S/C12H19N5O3/c1-2-4-12(10(18)19)5-3-6-17(12)11(20)13-7-9-14-8-15-16-9/h8H,2-7H2,1H3,(H,13,20)(H,18,19)(H,14,15,16). The monoisotopic (exact) mass is 281 g/mol. The first-order chi connectivity index (χ1) is 9.60. The number of hydrogen-bond donors (Lipinski definition) is 3. The van der Waals surface area contributed by atoms with Crippen molar-refractivity contribution in [2.24, 2.45) is 0 Å². The molecule has 20 heavy (non-hydrogen) atoms. The van der Waals surface area contributed by atoms with Crippen molar-refractivity contribution in [2.75, 3.05) is 6.54 Å². The number of urea groups is 1. The van der Waals surface area contributed by atoms with E-state index in [0.29, 0.717) is 31.6 Å². The molecule has 3 N–H and O–H groups in total. The summed E-state index contributed by atoms with van der Waals surface area (Å²) in [4.78, 5) is 29.2. The average molecular weight is 281 g/mol. The topological polar surface area (TPSA) is 111 Å². The molecule has 0 radical (unpaired) electrons. The zero-order chi connectivity index (χ0) is 14.6. The van der Waals surface area contributed by atoms with E-state index in [9.17, 15) is 14.7 Å². The minimum Gasteiger partial charge on any atom is -0.479 e. The van der Waals surface area contributed by atoms with Crippen LogP contribution in [0.2, 0.25) is 0 Å². The highest BCUT2D eigenvalue weighted by molar-refractivity contribution is 5.87. The van der Waals surface area contributed by atoms with E-state index in [0.717, 1.165) is 6.42 Å². The summed E-state index contributed by atoms with van der Waals surface area (Å²) in [5.74, 6) is -0.388. The Balaban J connectivity index is 2.05. The number of rotatable bonds is 5. The van der Waals surface area contributed by atoms with Crippen molar-refractivity contribution in [3.63, 3.8) is 0 Å². The lowest BCUT2D eigenvalue weighted by Crippen LogP contribution is -2.55. The highest BCUT2D eigenvalue weighted by atomic mass is 16.4. The van der Waals surface area contributed by atoms with Crippen LogP contribution in [0.3, 0.4) is 0 Å². The SMILES string of the molecule is CCCC1(C(=O)O)CCCN1C(=O)NCc1ncn[nH]1. The van der Waals surface area contributed by atoms with Crippen LogP contribution < -0.4 is 5.32 Å². The number of hydrogen-bond acceptors (Lipinski definition) is 4. The van der Waals surface area contributed by atoms with E-state index in [1.807, 2.05) is 6.92 Å². The molecule has 1 unspecified atom stereocenters. The Morgan fingerprint density at radius 3 is 3.00 bits per heavy atom. The Morgan fingerprint density at radius 2 is 2.40 bits per heavy atom. The number of carboxylic acid groups (broad SMARTS) is 1. The van der Waals surface area contributed by atoms with Gasteiger partial charge in [0.15, 0.2) is 0 Å². The van der Waals surface area contributed by atoms with E-state index >= 15 is 0 Å². The van der Waals surface area contributed by atoms with Crippen LogP contribution in [-0.2, 0) is 11.3 Å². The number of nitrogens with zero attached hydrogens (tertiary/aromatic N) is 3. The molecule has 0 aromatic carbocycles. The van der Waals surface area contributed by atoms with Gasteiger partial charge in [0, 0.05) is 6.54 Å². The van der Waals surface area contributed by atoms with Crippen molar-refractivity contribution in [3.8, 4) is 0 Å². The molecule has 0 spiro atoms. The maximum atomic E-state index is 12.2. The fraction of sp³-hybridized carbons (Fsp3) is 0.667.